The highest BCUT2D eigenvalue weighted by Gasteiger charge is 2.35. The second kappa shape index (κ2) is 9.06. The van der Waals surface area contributed by atoms with Crippen LogP contribution in [0.3, 0.4) is 0 Å². The molecule has 1 atom stereocenters. The Bertz CT molecular complexity index is 841. The normalized spacial score (nSPS) is 12.2. The standard InChI is InChI=1S/C18H17Cl3FN3OS/c1-10-3-4-11(2)14(9-10)23-17(27)25-16(18(19,20)21)24-15(26)12-5-7-13(22)8-6-12/h3-9,16H,1-2H3,(H,24,26)(H2,23,25,27)/t16-/m0/s1. The summed E-state index contributed by atoms with van der Waals surface area (Å²) < 4.78 is 11.1. The van der Waals surface area contributed by atoms with Gasteiger partial charge in [0.2, 0.25) is 3.79 Å². The van der Waals surface area contributed by atoms with Crippen molar-refractivity contribution < 1.29 is 9.18 Å². The SMILES string of the molecule is Cc1ccc(C)c(NC(=S)N[C@H](NC(=O)c2ccc(F)cc2)C(Cl)(Cl)Cl)c1. The van der Waals surface area contributed by atoms with E-state index in [2.05, 4.69) is 16.0 Å². The molecule has 0 saturated carbocycles. The van der Waals surface area contributed by atoms with Crippen LogP contribution >= 0.6 is 47.0 Å². The first kappa shape index (κ1) is 21.7. The molecule has 0 aliphatic rings. The van der Waals surface area contributed by atoms with E-state index >= 15 is 0 Å². The largest absolute Gasteiger partial charge is 0.339 e. The van der Waals surface area contributed by atoms with Crippen LogP contribution in [0.25, 0.3) is 0 Å². The van der Waals surface area contributed by atoms with Crippen molar-refractivity contribution in [3.63, 3.8) is 0 Å². The molecule has 0 unspecified atom stereocenters. The number of carbonyl (C=O) groups is 1. The fourth-order valence-electron chi connectivity index (χ4n) is 2.18. The minimum Gasteiger partial charge on any atom is -0.339 e. The van der Waals surface area contributed by atoms with Gasteiger partial charge in [0, 0.05) is 11.3 Å². The number of benzene rings is 2. The Balaban J connectivity index is 2.10. The maximum absolute atomic E-state index is 13.0. The van der Waals surface area contributed by atoms with Crippen LogP contribution in [0.2, 0.25) is 0 Å². The lowest BCUT2D eigenvalue weighted by Gasteiger charge is -2.28. The predicted octanol–water partition coefficient (Wildman–Crippen LogP) is 4.86. The topological polar surface area (TPSA) is 53.2 Å². The van der Waals surface area contributed by atoms with E-state index in [1.54, 1.807) is 0 Å². The highest BCUT2D eigenvalue weighted by molar-refractivity contribution is 7.80. The minimum atomic E-state index is -1.89. The van der Waals surface area contributed by atoms with Gasteiger partial charge in [-0.1, -0.05) is 46.9 Å². The second-order valence-electron chi connectivity index (χ2n) is 5.87. The summed E-state index contributed by atoms with van der Waals surface area (Å²) in [5.74, 6) is -1.00. The zero-order valence-electron chi connectivity index (χ0n) is 14.4. The molecule has 0 radical (unpaired) electrons. The number of aryl methyl sites for hydroxylation is 2. The number of rotatable bonds is 4. The molecule has 0 bridgehead atoms. The molecule has 0 fully saturated rings. The van der Waals surface area contributed by atoms with E-state index in [1.807, 2.05) is 32.0 Å². The number of nitrogens with one attached hydrogen (secondary N) is 3. The van der Waals surface area contributed by atoms with Gasteiger partial charge in [-0.05, 0) is 67.5 Å². The summed E-state index contributed by atoms with van der Waals surface area (Å²) in [7, 11) is 0. The van der Waals surface area contributed by atoms with E-state index in [-0.39, 0.29) is 10.7 Å². The molecule has 4 nitrogen and oxygen atoms in total. The molecular formula is C18H17Cl3FN3OS. The molecule has 144 valence electrons. The van der Waals surface area contributed by atoms with Gasteiger partial charge in [0.05, 0.1) is 0 Å². The average molecular weight is 449 g/mol. The number of hydrogen-bond donors (Lipinski definition) is 3. The highest BCUT2D eigenvalue weighted by atomic mass is 35.6. The van der Waals surface area contributed by atoms with Gasteiger partial charge >= 0.3 is 0 Å². The molecule has 27 heavy (non-hydrogen) atoms. The quantitative estimate of drug-likeness (QED) is 0.355. The van der Waals surface area contributed by atoms with Crippen molar-refractivity contribution in [3.05, 3.63) is 65.0 Å². The van der Waals surface area contributed by atoms with Crippen LogP contribution in [-0.4, -0.2) is 21.0 Å². The number of hydrogen-bond acceptors (Lipinski definition) is 2. The summed E-state index contributed by atoms with van der Waals surface area (Å²) in [6, 6.07) is 10.8. The molecule has 9 heteroatoms. The average Bonchev–Trinajstić information content (AvgIpc) is 2.57. The molecule has 2 rings (SSSR count). The van der Waals surface area contributed by atoms with E-state index in [1.165, 1.54) is 24.3 Å². The van der Waals surface area contributed by atoms with Crippen LogP contribution in [-0.2, 0) is 0 Å². The summed E-state index contributed by atoms with van der Waals surface area (Å²) in [4.78, 5) is 12.3. The van der Waals surface area contributed by atoms with Crippen LogP contribution in [0.1, 0.15) is 21.5 Å². The highest BCUT2D eigenvalue weighted by Crippen LogP contribution is 2.29. The number of carbonyl (C=O) groups excluding carboxylic acids is 1. The first-order chi connectivity index (χ1) is 12.6. The van der Waals surface area contributed by atoms with Crippen LogP contribution in [0.15, 0.2) is 42.5 Å². The molecular weight excluding hydrogens is 432 g/mol. The molecule has 0 saturated heterocycles. The van der Waals surface area contributed by atoms with Gasteiger partial charge in [0.25, 0.3) is 5.91 Å². The number of thiocarbonyl (C=S) groups is 1. The molecule has 0 aliphatic carbocycles. The van der Waals surface area contributed by atoms with Crippen molar-refractivity contribution >= 4 is 63.7 Å². The van der Waals surface area contributed by atoms with Crippen molar-refractivity contribution in [3.8, 4) is 0 Å². The summed E-state index contributed by atoms with van der Waals surface area (Å²) in [6.07, 6.45) is -1.12. The Morgan fingerprint density at radius 2 is 1.70 bits per heavy atom. The molecule has 0 spiro atoms. The zero-order chi connectivity index (χ0) is 20.2. The Labute approximate surface area is 177 Å². The third-order valence-corrected chi connectivity index (χ3v) is 4.50. The summed E-state index contributed by atoms with van der Waals surface area (Å²) >= 11 is 23.2. The lowest BCUT2D eigenvalue weighted by atomic mass is 10.1. The van der Waals surface area contributed by atoms with Crippen LogP contribution in [0.5, 0.6) is 0 Å². The smallest absolute Gasteiger partial charge is 0.252 e. The molecule has 1 amide bonds. The molecule has 0 aromatic heterocycles. The summed E-state index contributed by atoms with van der Waals surface area (Å²) in [6.45, 7) is 3.88. The van der Waals surface area contributed by atoms with E-state index in [4.69, 9.17) is 47.0 Å². The zero-order valence-corrected chi connectivity index (χ0v) is 17.5. The monoisotopic (exact) mass is 447 g/mol. The van der Waals surface area contributed by atoms with Gasteiger partial charge in [-0.25, -0.2) is 4.39 Å². The maximum atomic E-state index is 13.0. The molecule has 2 aromatic carbocycles. The number of alkyl halides is 3. The summed E-state index contributed by atoms with van der Waals surface area (Å²) in [5, 5.41) is 8.51. The van der Waals surface area contributed by atoms with Gasteiger partial charge in [-0.2, -0.15) is 0 Å². The van der Waals surface area contributed by atoms with Crippen molar-refractivity contribution in [1.82, 2.24) is 10.6 Å². The lowest BCUT2D eigenvalue weighted by Crippen LogP contribution is -2.56. The molecule has 2 aromatic rings. The van der Waals surface area contributed by atoms with Gasteiger partial charge in [-0.15, -0.1) is 0 Å². The van der Waals surface area contributed by atoms with Gasteiger partial charge in [0.1, 0.15) is 12.0 Å². The van der Waals surface area contributed by atoms with Crippen LogP contribution < -0.4 is 16.0 Å². The Kier molecular flexibility index (Phi) is 7.28. The lowest BCUT2D eigenvalue weighted by molar-refractivity contribution is 0.0934. The summed E-state index contributed by atoms with van der Waals surface area (Å²) in [5.41, 5.74) is 3.03. The second-order valence-corrected chi connectivity index (χ2v) is 8.65. The van der Waals surface area contributed by atoms with Crippen molar-refractivity contribution in [2.75, 3.05) is 5.32 Å². The van der Waals surface area contributed by atoms with Crippen molar-refractivity contribution in [2.45, 2.75) is 23.8 Å². The van der Waals surface area contributed by atoms with E-state index in [9.17, 15) is 9.18 Å². The van der Waals surface area contributed by atoms with Crippen molar-refractivity contribution in [2.24, 2.45) is 0 Å². The third-order valence-electron chi connectivity index (χ3n) is 3.63. The van der Waals surface area contributed by atoms with Gasteiger partial charge in [-0.3, -0.25) is 4.79 Å². The molecule has 0 aliphatic heterocycles. The molecule has 0 heterocycles. The van der Waals surface area contributed by atoms with Crippen LogP contribution in [0, 0.1) is 19.7 Å². The first-order valence-electron chi connectivity index (χ1n) is 7.84. The fourth-order valence-corrected chi connectivity index (χ4v) is 2.73. The minimum absolute atomic E-state index is 0.166. The maximum Gasteiger partial charge on any atom is 0.252 e. The first-order valence-corrected chi connectivity index (χ1v) is 9.38. The number of amides is 1. The van der Waals surface area contributed by atoms with Crippen molar-refractivity contribution in [1.29, 1.82) is 0 Å². The Morgan fingerprint density at radius 1 is 1.07 bits per heavy atom. The van der Waals surface area contributed by atoms with E-state index in [0.29, 0.717) is 0 Å². The molecule has 3 N–H and O–H groups in total. The third kappa shape index (κ3) is 6.50. The van der Waals surface area contributed by atoms with Gasteiger partial charge in [0.15, 0.2) is 5.11 Å². The van der Waals surface area contributed by atoms with Crippen LogP contribution in [0.4, 0.5) is 10.1 Å². The fraction of sp³-hybridized carbons (Fsp3) is 0.222. The number of anilines is 1. The number of halogens is 4. The predicted molar refractivity (Wildman–Crippen MR) is 113 cm³/mol. The van der Waals surface area contributed by atoms with E-state index < -0.39 is 21.7 Å². The Hall–Kier alpha value is -1.60. The van der Waals surface area contributed by atoms with Gasteiger partial charge < -0.3 is 16.0 Å². The Morgan fingerprint density at radius 3 is 2.30 bits per heavy atom. The van der Waals surface area contributed by atoms with E-state index in [0.717, 1.165) is 16.8 Å².